The van der Waals surface area contributed by atoms with Gasteiger partial charge in [0.1, 0.15) is 5.82 Å². The lowest BCUT2D eigenvalue weighted by Crippen LogP contribution is -2.04. The molecule has 0 aliphatic carbocycles. The van der Waals surface area contributed by atoms with Gasteiger partial charge in [-0.1, -0.05) is 23.7 Å². The molecule has 0 saturated heterocycles. The maximum absolute atomic E-state index is 13.7. The minimum absolute atomic E-state index is 0.0399. The molecule has 0 aliphatic rings. The number of ether oxygens (including phenoxy) is 1. The Kier molecular flexibility index (Phi) is 4.57. The quantitative estimate of drug-likeness (QED) is 0.927. The molecule has 0 amide bonds. The van der Waals surface area contributed by atoms with Gasteiger partial charge in [-0.3, -0.25) is 0 Å². The molecule has 0 radical (unpaired) electrons. The molecule has 0 aromatic heterocycles. The van der Waals surface area contributed by atoms with Crippen molar-refractivity contribution in [3.05, 3.63) is 64.2 Å². The number of halogens is 3. The van der Waals surface area contributed by atoms with E-state index in [-0.39, 0.29) is 12.2 Å². The topological polar surface area (TPSA) is 29.5 Å². The Hall–Kier alpha value is -1.65. The van der Waals surface area contributed by atoms with Gasteiger partial charge in [0, 0.05) is 11.4 Å². The molecule has 1 unspecified atom stereocenters. The predicted octanol–water partition coefficient (Wildman–Crippen LogP) is 3.90. The van der Waals surface area contributed by atoms with Crippen LogP contribution < -0.4 is 4.74 Å². The molecule has 0 fully saturated rings. The zero-order valence-corrected chi connectivity index (χ0v) is 11.5. The van der Waals surface area contributed by atoms with Crippen molar-refractivity contribution < 1.29 is 18.6 Å². The third kappa shape index (κ3) is 3.26. The standard InChI is InChI=1S/C15H13ClF2O2/c1-20-15-7-10(3-5-12(15)17)14(19)6-9-2-4-11(16)8-13(9)18/h2-5,7-8,14,19H,6H2,1H3. The highest BCUT2D eigenvalue weighted by Gasteiger charge is 2.14. The molecule has 2 rings (SSSR count). The van der Waals surface area contributed by atoms with E-state index in [1.807, 2.05) is 0 Å². The summed E-state index contributed by atoms with van der Waals surface area (Å²) in [6, 6.07) is 8.30. The predicted molar refractivity (Wildman–Crippen MR) is 73.0 cm³/mol. The van der Waals surface area contributed by atoms with E-state index >= 15 is 0 Å². The second-order valence-electron chi connectivity index (χ2n) is 4.35. The zero-order valence-electron chi connectivity index (χ0n) is 10.7. The van der Waals surface area contributed by atoms with E-state index in [2.05, 4.69) is 0 Å². The van der Waals surface area contributed by atoms with E-state index in [4.69, 9.17) is 16.3 Å². The SMILES string of the molecule is COc1cc(C(O)Cc2ccc(Cl)cc2F)ccc1F. The molecule has 1 N–H and O–H groups in total. The first-order chi connectivity index (χ1) is 9.51. The van der Waals surface area contributed by atoms with Crippen molar-refractivity contribution in [3.63, 3.8) is 0 Å². The molecule has 2 aromatic carbocycles. The van der Waals surface area contributed by atoms with Gasteiger partial charge in [-0.15, -0.1) is 0 Å². The number of hydrogen-bond donors (Lipinski definition) is 1. The summed E-state index contributed by atoms with van der Waals surface area (Å²) < 4.78 is 31.8. The molecule has 2 nitrogen and oxygen atoms in total. The first kappa shape index (κ1) is 14.8. The van der Waals surface area contributed by atoms with Gasteiger partial charge in [-0.25, -0.2) is 8.78 Å². The van der Waals surface area contributed by atoms with Gasteiger partial charge < -0.3 is 9.84 Å². The summed E-state index contributed by atoms with van der Waals surface area (Å²) in [6.45, 7) is 0. The van der Waals surface area contributed by atoms with Crippen LogP contribution in [0, 0.1) is 11.6 Å². The highest BCUT2D eigenvalue weighted by atomic mass is 35.5. The minimum Gasteiger partial charge on any atom is -0.494 e. The Morgan fingerprint density at radius 2 is 1.90 bits per heavy atom. The molecular weight excluding hydrogens is 286 g/mol. The Labute approximate surface area is 120 Å². The third-order valence-corrected chi connectivity index (χ3v) is 3.22. The number of rotatable bonds is 4. The van der Waals surface area contributed by atoms with E-state index in [1.54, 1.807) is 6.07 Å². The van der Waals surface area contributed by atoms with Crippen molar-refractivity contribution >= 4 is 11.6 Å². The summed E-state index contributed by atoms with van der Waals surface area (Å²) in [6.07, 6.45) is -0.891. The van der Waals surface area contributed by atoms with Crippen molar-refractivity contribution in [2.45, 2.75) is 12.5 Å². The fourth-order valence-electron chi connectivity index (χ4n) is 1.90. The highest BCUT2D eigenvalue weighted by molar-refractivity contribution is 6.30. The lowest BCUT2D eigenvalue weighted by molar-refractivity contribution is 0.176. The summed E-state index contributed by atoms with van der Waals surface area (Å²) in [5, 5.41) is 10.4. The average Bonchev–Trinajstić information content (AvgIpc) is 2.42. The van der Waals surface area contributed by atoms with E-state index in [9.17, 15) is 13.9 Å². The van der Waals surface area contributed by atoms with Crippen molar-refractivity contribution in [3.8, 4) is 5.75 Å². The van der Waals surface area contributed by atoms with Gasteiger partial charge in [0.05, 0.1) is 13.2 Å². The summed E-state index contributed by atoms with van der Waals surface area (Å²) >= 11 is 5.67. The van der Waals surface area contributed by atoms with Gasteiger partial charge in [0.2, 0.25) is 0 Å². The number of aliphatic hydroxyl groups excluding tert-OH is 1. The van der Waals surface area contributed by atoms with Crippen molar-refractivity contribution in [1.82, 2.24) is 0 Å². The summed E-state index contributed by atoms with van der Waals surface area (Å²) in [5.41, 5.74) is 0.794. The second-order valence-corrected chi connectivity index (χ2v) is 4.79. The smallest absolute Gasteiger partial charge is 0.165 e. The van der Waals surface area contributed by atoms with Crippen molar-refractivity contribution in [2.24, 2.45) is 0 Å². The fraction of sp³-hybridized carbons (Fsp3) is 0.200. The highest BCUT2D eigenvalue weighted by Crippen LogP contribution is 2.26. The van der Waals surface area contributed by atoms with E-state index in [1.165, 1.54) is 37.4 Å². The van der Waals surface area contributed by atoms with E-state index < -0.39 is 17.7 Å². The number of aliphatic hydroxyl groups is 1. The molecule has 0 bridgehead atoms. The lowest BCUT2D eigenvalue weighted by atomic mass is 10.0. The molecule has 0 heterocycles. The van der Waals surface area contributed by atoms with Crippen molar-refractivity contribution in [2.75, 3.05) is 7.11 Å². The van der Waals surface area contributed by atoms with Crippen LogP contribution >= 0.6 is 11.6 Å². The van der Waals surface area contributed by atoms with E-state index in [0.29, 0.717) is 16.1 Å². The normalized spacial score (nSPS) is 12.2. The van der Waals surface area contributed by atoms with Crippen LogP contribution in [0.15, 0.2) is 36.4 Å². The lowest BCUT2D eigenvalue weighted by Gasteiger charge is -2.13. The van der Waals surface area contributed by atoms with Crippen LogP contribution in [0.25, 0.3) is 0 Å². The molecule has 20 heavy (non-hydrogen) atoms. The molecule has 106 valence electrons. The number of benzene rings is 2. The molecule has 0 saturated carbocycles. The maximum Gasteiger partial charge on any atom is 0.165 e. The zero-order chi connectivity index (χ0) is 14.7. The van der Waals surface area contributed by atoms with Gasteiger partial charge in [0.25, 0.3) is 0 Å². The Balaban J connectivity index is 2.21. The van der Waals surface area contributed by atoms with Crippen LogP contribution in [0.1, 0.15) is 17.2 Å². The van der Waals surface area contributed by atoms with Crippen molar-refractivity contribution in [1.29, 1.82) is 0 Å². The van der Waals surface area contributed by atoms with Gasteiger partial charge >= 0.3 is 0 Å². The Bertz CT molecular complexity index is 617. The molecule has 2 aromatic rings. The fourth-order valence-corrected chi connectivity index (χ4v) is 2.06. The van der Waals surface area contributed by atoms with Crippen LogP contribution in [0.3, 0.4) is 0 Å². The molecular formula is C15H13ClF2O2. The minimum atomic E-state index is -0.958. The number of hydrogen-bond acceptors (Lipinski definition) is 2. The van der Waals surface area contributed by atoms with E-state index in [0.717, 1.165) is 0 Å². The van der Waals surface area contributed by atoms with Crippen LogP contribution in [0.5, 0.6) is 5.75 Å². The first-order valence-corrected chi connectivity index (χ1v) is 6.34. The number of methoxy groups -OCH3 is 1. The second kappa shape index (κ2) is 6.20. The molecule has 5 heteroatoms. The Morgan fingerprint density at radius 3 is 2.55 bits per heavy atom. The first-order valence-electron chi connectivity index (χ1n) is 5.96. The van der Waals surface area contributed by atoms with Gasteiger partial charge in [-0.2, -0.15) is 0 Å². The van der Waals surface area contributed by atoms with Crippen LogP contribution in [0.4, 0.5) is 8.78 Å². The monoisotopic (exact) mass is 298 g/mol. The van der Waals surface area contributed by atoms with Gasteiger partial charge in [0.15, 0.2) is 11.6 Å². The molecule has 1 atom stereocenters. The molecule has 0 aliphatic heterocycles. The third-order valence-electron chi connectivity index (χ3n) is 2.99. The summed E-state index contributed by atoms with van der Waals surface area (Å²) in [5.74, 6) is -0.954. The average molecular weight is 299 g/mol. The van der Waals surface area contributed by atoms with Crippen LogP contribution in [-0.2, 0) is 6.42 Å². The van der Waals surface area contributed by atoms with Gasteiger partial charge in [-0.05, 0) is 35.4 Å². The van der Waals surface area contributed by atoms with Crippen LogP contribution in [-0.4, -0.2) is 12.2 Å². The summed E-state index contributed by atoms with van der Waals surface area (Å²) in [7, 11) is 1.34. The molecule has 0 spiro atoms. The van der Waals surface area contributed by atoms with Crippen LogP contribution in [0.2, 0.25) is 5.02 Å². The Morgan fingerprint density at radius 1 is 1.15 bits per heavy atom. The largest absolute Gasteiger partial charge is 0.494 e. The summed E-state index contributed by atoms with van der Waals surface area (Å²) in [4.78, 5) is 0. The maximum atomic E-state index is 13.7.